The molecule has 0 bridgehead atoms. The Labute approximate surface area is 141 Å². The smallest absolute Gasteiger partial charge is 0.336 e. The molecule has 1 aromatic heterocycles. The van der Waals surface area contributed by atoms with Crippen LogP contribution in [-0.4, -0.2) is 35.2 Å². The zero-order chi connectivity index (χ0) is 17.8. The Kier molecular flexibility index (Phi) is 9.07. The van der Waals surface area contributed by atoms with E-state index in [1.54, 1.807) is 18.2 Å². The summed E-state index contributed by atoms with van der Waals surface area (Å²) in [6.45, 7) is 7.49. The Bertz CT molecular complexity index is 556. The molecule has 6 nitrogen and oxygen atoms in total. The highest BCUT2D eigenvalue weighted by molar-refractivity contribution is 5.88. The molecule has 0 fully saturated rings. The van der Waals surface area contributed by atoms with Gasteiger partial charge in [0.15, 0.2) is 0 Å². The predicted molar refractivity (Wildman–Crippen MR) is 88.9 cm³/mol. The van der Waals surface area contributed by atoms with Crippen LogP contribution < -0.4 is 0 Å². The second-order valence-corrected chi connectivity index (χ2v) is 5.10. The molecule has 0 radical (unpaired) electrons. The highest BCUT2D eigenvalue weighted by Gasteiger charge is 2.20. The number of unbranched alkanes of at least 4 members (excludes halogenated alkanes) is 3. The van der Waals surface area contributed by atoms with E-state index in [0.717, 1.165) is 25.3 Å². The number of carbonyl (C=O) groups is 2. The normalized spacial score (nSPS) is 11.4. The minimum absolute atomic E-state index is 0.0370. The van der Waals surface area contributed by atoms with E-state index < -0.39 is 18.0 Å². The minimum Gasteiger partial charge on any atom is -0.463 e. The summed E-state index contributed by atoms with van der Waals surface area (Å²) in [5, 5.41) is 10.0. The van der Waals surface area contributed by atoms with Crippen LogP contribution in [0.3, 0.4) is 0 Å². The largest absolute Gasteiger partial charge is 0.463 e. The van der Waals surface area contributed by atoms with Gasteiger partial charge in [-0.2, -0.15) is 0 Å². The number of nitrogens with zero attached hydrogens (tertiary/aromatic N) is 1. The van der Waals surface area contributed by atoms with Gasteiger partial charge in [0.25, 0.3) is 0 Å². The lowest BCUT2D eigenvalue weighted by atomic mass is 10.1. The Morgan fingerprint density at radius 1 is 1.17 bits per heavy atom. The first-order valence-electron chi connectivity index (χ1n) is 7.80. The van der Waals surface area contributed by atoms with Crippen molar-refractivity contribution in [2.24, 2.45) is 0 Å². The molecule has 1 N–H and O–H groups in total. The molecular weight excluding hydrogens is 310 g/mol. The van der Waals surface area contributed by atoms with Gasteiger partial charge in [-0.3, -0.25) is 4.98 Å². The first-order chi connectivity index (χ1) is 11.6. The fraction of sp³-hybridized carbons (Fsp3) is 0.389. The molecule has 1 heterocycles. The molecule has 1 unspecified atom stereocenters. The van der Waals surface area contributed by atoms with Crippen LogP contribution in [0.5, 0.6) is 0 Å². The van der Waals surface area contributed by atoms with Gasteiger partial charge in [0.2, 0.25) is 0 Å². The first kappa shape index (κ1) is 19.6. The number of ether oxygens (including phenoxy) is 2. The number of aliphatic hydroxyl groups is 1. The monoisotopic (exact) mass is 333 g/mol. The topological polar surface area (TPSA) is 85.7 Å². The van der Waals surface area contributed by atoms with E-state index in [1.807, 2.05) is 0 Å². The van der Waals surface area contributed by atoms with E-state index in [9.17, 15) is 14.7 Å². The van der Waals surface area contributed by atoms with Crippen molar-refractivity contribution in [3.8, 4) is 0 Å². The zero-order valence-electron chi connectivity index (χ0n) is 13.6. The molecule has 1 aromatic rings. The van der Waals surface area contributed by atoms with E-state index in [2.05, 4.69) is 18.1 Å². The number of hydrogen-bond acceptors (Lipinski definition) is 6. The van der Waals surface area contributed by atoms with Crippen LogP contribution in [-0.2, 0) is 19.1 Å². The fourth-order valence-electron chi connectivity index (χ4n) is 1.87. The maximum Gasteiger partial charge on any atom is 0.336 e. The number of carbonyl (C=O) groups excluding carboxylic acids is 2. The summed E-state index contributed by atoms with van der Waals surface area (Å²) in [6, 6.07) is 5.05. The molecule has 0 aromatic carbocycles. The quantitative estimate of drug-likeness (QED) is 0.380. The molecule has 0 aliphatic heterocycles. The van der Waals surface area contributed by atoms with Gasteiger partial charge in [-0.15, -0.1) is 0 Å². The molecule has 6 heteroatoms. The van der Waals surface area contributed by atoms with Crippen molar-refractivity contribution in [3.05, 3.63) is 54.9 Å². The third-order valence-electron chi connectivity index (χ3n) is 3.24. The molecule has 24 heavy (non-hydrogen) atoms. The highest BCUT2D eigenvalue weighted by Crippen LogP contribution is 2.18. The number of rotatable bonds is 11. The summed E-state index contributed by atoms with van der Waals surface area (Å²) in [6.07, 6.45) is 4.63. The van der Waals surface area contributed by atoms with E-state index in [1.165, 1.54) is 6.20 Å². The summed E-state index contributed by atoms with van der Waals surface area (Å²) in [5.41, 5.74) is 0.318. The maximum absolute atomic E-state index is 11.8. The molecule has 1 rings (SSSR count). The SMILES string of the molecule is C=CC(=O)OCCCCCCOC(=O)C(=C)C(O)c1ccccn1. The summed E-state index contributed by atoms with van der Waals surface area (Å²) < 4.78 is 9.93. The van der Waals surface area contributed by atoms with Gasteiger partial charge >= 0.3 is 11.9 Å². The van der Waals surface area contributed by atoms with Crippen molar-refractivity contribution >= 4 is 11.9 Å². The minimum atomic E-state index is -1.17. The molecule has 0 aliphatic rings. The zero-order valence-corrected chi connectivity index (χ0v) is 13.6. The number of pyridine rings is 1. The lowest BCUT2D eigenvalue weighted by Gasteiger charge is -2.12. The summed E-state index contributed by atoms with van der Waals surface area (Å²) >= 11 is 0. The van der Waals surface area contributed by atoms with E-state index in [0.29, 0.717) is 18.7 Å². The number of hydrogen-bond donors (Lipinski definition) is 1. The molecule has 0 aliphatic carbocycles. The van der Waals surface area contributed by atoms with Crippen LogP contribution in [0.4, 0.5) is 0 Å². The van der Waals surface area contributed by atoms with Crippen LogP contribution in [0.1, 0.15) is 37.5 Å². The molecule has 130 valence electrons. The average Bonchev–Trinajstić information content (AvgIpc) is 2.62. The summed E-state index contributed by atoms with van der Waals surface area (Å²) in [5.74, 6) is -1.05. The molecule has 0 saturated carbocycles. The number of esters is 2. The lowest BCUT2D eigenvalue weighted by molar-refractivity contribution is -0.140. The molecular formula is C18H23NO5. The van der Waals surface area contributed by atoms with Crippen molar-refractivity contribution in [2.45, 2.75) is 31.8 Å². The van der Waals surface area contributed by atoms with Crippen molar-refractivity contribution in [1.82, 2.24) is 4.98 Å². The van der Waals surface area contributed by atoms with E-state index >= 15 is 0 Å². The van der Waals surface area contributed by atoms with Crippen molar-refractivity contribution in [3.63, 3.8) is 0 Å². The van der Waals surface area contributed by atoms with Crippen molar-refractivity contribution in [2.75, 3.05) is 13.2 Å². The first-order valence-corrected chi connectivity index (χ1v) is 7.80. The lowest BCUT2D eigenvalue weighted by Crippen LogP contribution is -2.15. The van der Waals surface area contributed by atoms with Gasteiger partial charge in [-0.1, -0.05) is 19.2 Å². The second-order valence-electron chi connectivity index (χ2n) is 5.10. The maximum atomic E-state index is 11.8. The summed E-state index contributed by atoms with van der Waals surface area (Å²) in [7, 11) is 0. The number of aromatic nitrogens is 1. The van der Waals surface area contributed by atoms with Crippen LogP contribution >= 0.6 is 0 Å². The Morgan fingerprint density at radius 3 is 2.42 bits per heavy atom. The van der Waals surface area contributed by atoms with Gasteiger partial charge in [0.1, 0.15) is 6.10 Å². The van der Waals surface area contributed by atoms with Crippen LogP contribution in [0, 0.1) is 0 Å². The van der Waals surface area contributed by atoms with Crippen molar-refractivity contribution in [1.29, 1.82) is 0 Å². The third-order valence-corrected chi connectivity index (χ3v) is 3.24. The van der Waals surface area contributed by atoms with Gasteiger partial charge in [-0.25, -0.2) is 9.59 Å². The summed E-state index contributed by atoms with van der Waals surface area (Å²) in [4.78, 5) is 26.6. The van der Waals surface area contributed by atoms with Gasteiger partial charge in [-0.05, 0) is 37.8 Å². The average molecular weight is 333 g/mol. The molecule has 0 saturated heterocycles. The van der Waals surface area contributed by atoms with Gasteiger partial charge in [0, 0.05) is 12.3 Å². The third kappa shape index (κ3) is 7.19. The second kappa shape index (κ2) is 11.1. The standard InChI is InChI=1S/C18H23NO5/c1-3-16(20)23-12-8-4-5-9-13-24-18(22)14(2)17(21)15-10-6-7-11-19-15/h3,6-7,10-11,17,21H,1-2,4-5,8-9,12-13H2. The van der Waals surface area contributed by atoms with Gasteiger partial charge in [0.05, 0.1) is 24.5 Å². The molecule has 1 atom stereocenters. The number of aliphatic hydroxyl groups excluding tert-OH is 1. The molecule has 0 amide bonds. The van der Waals surface area contributed by atoms with Crippen LogP contribution in [0.2, 0.25) is 0 Å². The van der Waals surface area contributed by atoms with Crippen LogP contribution in [0.25, 0.3) is 0 Å². The Morgan fingerprint density at radius 2 is 1.83 bits per heavy atom. The highest BCUT2D eigenvalue weighted by atomic mass is 16.5. The molecule has 0 spiro atoms. The fourth-order valence-corrected chi connectivity index (χ4v) is 1.87. The Hall–Kier alpha value is -2.47. The van der Waals surface area contributed by atoms with E-state index in [4.69, 9.17) is 9.47 Å². The van der Waals surface area contributed by atoms with Crippen LogP contribution in [0.15, 0.2) is 49.2 Å². The van der Waals surface area contributed by atoms with Gasteiger partial charge < -0.3 is 14.6 Å². The van der Waals surface area contributed by atoms with E-state index in [-0.39, 0.29) is 12.2 Å². The predicted octanol–water partition coefficient (Wildman–Crippen LogP) is 2.50. The van der Waals surface area contributed by atoms with Crippen molar-refractivity contribution < 1.29 is 24.2 Å². The Balaban J connectivity index is 2.14.